The molecule has 2 nitrogen and oxygen atoms in total. The molecule has 0 saturated heterocycles. The zero-order valence-electron chi connectivity index (χ0n) is 27.0. The van der Waals surface area contributed by atoms with Crippen LogP contribution < -0.4 is 15.8 Å². The van der Waals surface area contributed by atoms with E-state index in [0.29, 0.717) is 0 Å². The topological polar surface area (TPSA) is 6.48 Å². The van der Waals surface area contributed by atoms with Crippen molar-refractivity contribution in [3.63, 3.8) is 0 Å². The zero-order valence-corrected chi connectivity index (χ0v) is 27.0. The monoisotopic (exact) mass is 560 g/mol. The van der Waals surface area contributed by atoms with E-state index in [-0.39, 0.29) is 0 Å². The molecule has 0 amide bonds. The van der Waals surface area contributed by atoms with Gasteiger partial charge in [0.05, 0.1) is 0 Å². The first kappa shape index (κ1) is 30.4. The summed E-state index contributed by atoms with van der Waals surface area (Å²) in [4.78, 5) is 5.30. The lowest BCUT2D eigenvalue weighted by Crippen LogP contribution is -2.60. The van der Waals surface area contributed by atoms with E-state index in [0.717, 1.165) is 27.5 Å². The van der Waals surface area contributed by atoms with Gasteiger partial charge in [-0.05, 0) is 64.8 Å². The van der Waals surface area contributed by atoms with E-state index in [1.54, 1.807) is 0 Å². The van der Waals surface area contributed by atoms with Crippen LogP contribution in [0.3, 0.4) is 0 Å². The number of rotatable bonds is 4. The molecule has 0 radical (unpaired) electrons. The molecule has 0 aromatic heterocycles. The number of benzene rings is 2. The molecule has 2 aromatic carbocycles. The van der Waals surface area contributed by atoms with Crippen LogP contribution in [0.4, 0.5) is 5.69 Å². The van der Waals surface area contributed by atoms with Crippen molar-refractivity contribution in [1.29, 1.82) is 0 Å². The van der Waals surface area contributed by atoms with Crippen molar-refractivity contribution >= 4 is 38.5 Å². The largest absolute Gasteiger partial charge is 0.315 e. The Balaban J connectivity index is 2.18. The highest BCUT2D eigenvalue weighted by molar-refractivity contribution is 6.64. The van der Waals surface area contributed by atoms with Crippen molar-refractivity contribution in [3.8, 4) is 0 Å². The Morgan fingerprint density at radius 2 is 1.35 bits per heavy atom. The van der Waals surface area contributed by atoms with Gasteiger partial charge in [-0.25, -0.2) is 0 Å². The predicted octanol–water partition coefficient (Wildman–Crippen LogP) is 6.69. The van der Waals surface area contributed by atoms with Gasteiger partial charge in [-0.2, -0.15) is 0 Å². The number of allylic oxidation sites excluding steroid dienone is 13. The summed E-state index contributed by atoms with van der Waals surface area (Å²) in [5, 5.41) is 0. The molecule has 0 aliphatic carbocycles. The average molecular weight is 560 g/mol. The SMILES string of the molecule is C=C/C1=C(\C=C/C)BC(/C=C\C)=C(/C)N2C(=C/C)/C(=C\C)Bc3ccccc3C23C(/C=C\C)=C(C)Bc2ccccc2N13. The molecule has 2 aromatic rings. The third-order valence-corrected chi connectivity index (χ3v) is 9.15. The lowest BCUT2D eigenvalue weighted by Gasteiger charge is -2.56. The maximum atomic E-state index is 4.50. The predicted molar refractivity (Wildman–Crippen MR) is 194 cm³/mol. The summed E-state index contributed by atoms with van der Waals surface area (Å²) >= 11 is 0. The molecular weight excluding hydrogens is 517 g/mol. The van der Waals surface area contributed by atoms with Gasteiger partial charge in [0.2, 0.25) is 0 Å². The Bertz CT molecular complexity index is 1690. The third-order valence-electron chi connectivity index (χ3n) is 9.15. The lowest BCUT2D eigenvalue weighted by molar-refractivity contribution is 0.224. The molecule has 0 bridgehead atoms. The lowest BCUT2D eigenvalue weighted by atomic mass is 9.59. The normalized spacial score (nSPS) is 25.8. The number of hydrogen-bond donors (Lipinski definition) is 0. The standard InChI is InChI=1S/C38H43B3N2/c1-9-19-28-26(7)39-34-24-17-18-25-37(34)43-36(14-6)33(21-11-3)41-31(20-10-2)27(8)42-35(13-5)30(12-4)40-32-23-16-15-22-29(32)38(28,42)43/h9-25,39-41H,6H2,1-5,7-8H3/b19-9-,20-10-,21-11-,30-12+,31-27-,35-13+,36-33-. The summed E-state index contributed by atoms with van der Waals surface area (Å²) in [6.45, 7) is 19.9. The summed E-state index contributed by atoms with van der Waals surface area (Å²) in [6, 6.07) is 18.1. The molecule has 0 fully saturated rings. The Kier molecular flexibility index (Phi) is 8.92. The van der Waals surface area contributed by atoms with Crippen molar-refractivity contribution in [1.82, 2.24) is 4.90 Å². The molecule has 1 unspecified atom stereocenters. The summed E-state index contributed by atoms with van der Waals surface area (Å²) < 4.78 is 0. The zero-order chi connectivity index (χ0) is 30.7. The first-order valence-corrected chi connectivity index (χ1v) is 15.6. The molecule has 214 valence electrons. The summed E-state index contributed by atoms with van der Waals surface area (Å²) in [7, 11) is 2.54. The van der Waals surface area contributed by atoms with Gasteiger partial charge in [-0.15, -0.1) is 0 Å². The Morgan fingerprint density at radius 1 is 0.698 bits per heavy atom. The van der Waals surface area contributed by atoms with Crippen LogP contribution in [0, 0.1) is 0 Å². The smallest absolute Gasteiger partial charge is 0.197 e. The summed E-state index contributed by atoms with van der Waals surface area (Å²) in [5.41, 5.74) is 14.7. The van der Waals surface area contributed by atoms with Crippen LogP contribution >= 0.6 is 0 Å². The van der Waals surface area contributed by atoms with E-state index in [1.165, 1.54) is 61.0 Å². The van der Waals surface area contributed by atoms with Crippen LogP contribution in [-0.2, 0) is 5.66 Å². The highest BCUT2D eigenvalue weighted by atomic mass is 15.4. The molecule has 5 heteroatoms. The van der Waals surface area contributed by atoms with E-state index in [2.05, 4.69) is 168 Å². The summed E-state index contributed by atoms with van der Waals surface area (Å²) in [6.07, 6.45) is 20.2. The Hall–Kier alpha value is -4.11. The number of para-hydroxylation sites is 1. The van der Waals surface area contributed by atoms with Gasteiger partial charge in [0.15, 0.2) is 27.5 Å². The van der Waals surface area contributed by atoms with Gasteiger partial charge < -0.3 is 9.80 Å². The van der Waals surface area contributed by atoms with E-state index in [9.17, 15) is 0 Å². The van der Waals surface area contributed by atoms with E-state index in [1.807, 2.05) is 0 Å². The van der Waals surface area contributed by atoms with Crippen LogP contribution in [0.25, 0.3) is 0 Å². The average Bonchev–Trinajstić information content (AvgIpc) is 3.20. The van der Waals surface area contributed by atoms with E-state index >= 15 is 0 Å². The van der Waals surface area contributed by atoms with Gasteiger partial charge in [0, 0.05) is 22.8 Å². The maximum Gasteiger partial charge on any atom is 0.197 e. The fourth-order valence-corrected chi connectivity index (χ4v) is 7.46. The number of hydrogen-bond acceptors (Lipinski definition) is 2. The Labute approximate surface area is 261 Å². The van der Waals surface area contributed by atoms with Crippen molar-refractivity contribution in [2.75, 3.05) is 4.90 Å². The van der Waals surface area contributed by atoms with Crippen LogP contribution in [0.5, 0.6) is 0 Å². The quantitative estimate of drug-likeness (QED) is 0.385. The van der Waals surface area contributed by atoms with Gasteiger partial charge in [-0.3, -0.25) is 0 Å². The second kappa shape index (κ2) is 12.6. The van der Waals surface area contributed by atoms with Gasteiger partial charge in [0.25, 0.3) is 0 Å². The maximum absolute atomic E-state index is 4.50. The highest BCUT2D eigenvalue weighted by Gasteiger charge is 2.54. The van der Waals surface area contributed by atoms with Crippen molar-refractivity contribution in [2.24, 2.45) is 0 Å². The first-order chi connectivity index (χ1) is 20.9. The second-order valence-corrected chi connectivity index (χ2v) is 11.6. The molecule has 1 spiro atoms. The molecule has 3 aliphatic heterocycles. The highest BCUT2D eigenvalue weighted by Crippen LogP contribution is 2.53. The van der Waals surface area contributed by atoms with Crippen LogP contribution in [-0.4, -0.2) is 26.7 Å². The third kappa shape index (κ3) is 4.80. The second-order valence-electron chi connectivity index (χ2n) is 11.6. The Morgan fingerprint density at radius 3 is 2.00 bits per heavy atom. The first-order valence-electron chi connectivity index (χ1n) is 15.6. The van der Waals surface area contributed by atoms with Crippen molar-refractivity contribution in [3.05, 3.63) is 160 Å². The minimum atomic E-state index is -0.722. The van der Waals surface area contributed by atoms with Crippen LogP contribution in [0.1, 0.15) is 54.0 Å². The molecule has 1 atom stereocenters. The minimum Gasteiger partial charge on any atom is -0.315 e. The van der Waals surface area contributed by atoms with Crippen molar-refractivity contribution in [2.45, 2.75) is 54.1 Å². The van der Waals surface area contributed by atoms with Crippen LogP contribution in [0.2, 0.25) is 0 Å². The molecule has 43 heavy (non-hydrogen) atoms. The fourth-order valence-electron chi connectivity index (χ4n) is 7.46. The number of anilines is 1. The molecule has 0 saturated carbocycles. The van der Waals surface area contributed by atoms with E-state index < -0.39 is 5.66 Å². The fraction of sp³-hybridized carbons (Fsp3) is 0.211. The van der Waals surface area contributed by atoms with Crippen molar-refractivity contribution < 1.29 is 0 Å². The molecular formula is C38H43B3N2. The summed E-state index contributed by atoms with van der Waals surface area (Å²) in [5.74, 6) is 0. The van der Waals surface area contributed by atoms with Gasteiger partial charge >= 0.3 is 0 Å². The van der Waals surface area contributed by atoms with Crippen LogP contribution in [0.15, 0.2) is 154 Å². The van der Waals surface area contributed by atoms with Gasteiger partial charge in [0.1, 0.15) is 0 Å². The molecule has 0 N–H and O–H groups in total. The molecule has 3 heterocycles. The molecule has 5 rings (SSSR count). The number of nitrogens with zero attached hydrogens (tertiary/aromatic N) is 2. The molecule has 3 aliphatic rings. The van der Waals surface area contributed by atoms with Gasteiger partial charge in [-0.1, -0.05) is 137 Å². The minimum absolute atomic E-state index is 0.722. The van der Waals surface area contributed by atoms with E-state index in [4.69, 9.17) is 0 Å². The number of fused-ring (bicyclic) bond motifs is 3.